The number of rotatable bonds is 4. The maximum Gasteiger partial charge on any atom is 0.387 e. The van der Waals surface area contributed by atoms with Gasteiger partial charge >= 0.3 is 6.61 Å². The normalized spacial score (nSPS) is 11.4. The summed E-state index contributed by atoms with van der Waals surface area (Å²) < 4.78 is 43.1. The Hall–Kier alpha value is -2.51. The van der Waals surface area contributed by atoms with E-state index in [0.29, 0.717) is 5.69 Å². The molecule has 0 fully saturated rings. The van der Waals surface area contributed by atoms with E-state index < -0.39 is 12.4 Å². The van der Waals surface area contributed by atoms with Crippen LogP contribution < -0.4 is 10.5 Å². The lowest BCUT2D eigenvalue weighted by molar-refractivity contribution is -0.0499. The molecule has 1 heterocycles. The average molecular weight is 284 g/mol. The first-order chi connectivity index (χ1) is 9.45. The molecule has 0 radical (unpaired) electrons. The number of nitrogen functional groups attached to an aromatic ring is 1. The molecule has 20 heavy (non-hydrogen) atoms. The van der Waals surface area contributed by atoms with Gasteiger partial charge in [-0.25, -0.2) is 14.1 Å². The molecule has 0 amide bonds. The van der Waals surface area contributed by atoms with Gasteiger partial charge in [-0.15, -0.1) is 0 Å². The number of ether oxygens (including phenoxy) is 1. The van der Waals surface area contributed by atoms with Crippen molar-refractivity contribution in [1.29, 1.82) is 0 Å². The molecule has 0 spiro atoms. The number of halogens is 3. The largest absolute Gasteiger partial charge is 0.434 e. The Balaban J connectivity index is 2.32. The molecule has 0 aliphatic rings. The van der Waals surface area contributed by atoms with E-state index in [0.717, 1.165) is 24.4 Å². The Morgan fingerprint density at radius 1 is 1.45 bits per heavy atom. The predicted molar refractivity (Wildman–Crippen MR) is 67.4 cm³/mol. The van der Waals surface area contributed by atoms with E-state index in [1.54, 1.807) is 13.1 Å². The summed E-state index contributed by atoms with van der Waals surface area (Å²) in [4.78, 5) is 3.91. The Morgan fingerprint density at radius 2 is 2.20 bits per heavy atom. The number of alkyl halides is 2. The zero-order chi connectivity index (χ0) is 14.7. The van der Waals surface area contributed by atoms with Crippen molar-refractivity contribution in [3.63, 3.8) is 0 Å². The lowest BCUT2D eigenvalue weighted by atomic mass is 10.2. The first-order valence-electron chi connectivity index (χ1n) is 5.56. The fourth-order valence-electron chi connectivity index (χ4n) is 1.54. The first-order valence-corrected chi connectivity index (χ1v) is 5.56. The molecule has 0 aliphatic carbocycles. The third-order valence-corrected chi connectivity index (χ3v) is 2.34. The van der Waals surface area contributed by atoms with Gasteiger partial charge < -0.3 is 10.5 Å². The van der Waals surface area contributed by atoms with Gasteiger partial charge in [0.05, 0.1) is 18.1 Å². The number of hydrogen-bond acceptors (Lipinski definition) is 4. The number of imidazole rings is 1. The monoisotopic (exact) mass is 284 g/mol. The molecule has 8 heteroatoms. The Labute approximate surface area is 112 Å². The fraction of sp³-hybridized carbons (Fsp3) is 0.167. The SMILES string of the molecule is Cc1cn(N=Cc2cc(F)ccc2OC(F)F)c(N)n1. The molecule has 0 unspecified atom stereocenters. The maximum atomic E-state index is 13.1. The van der Waals surface area contributed by atoms with Gasteiger partial charge in [0.15, 0.2) is 0 Å². The van der Waals surface area contributed by atoms with Gasteiger partial charge in [-0.2, -0.15) is 13.9 Å². The lowest BCUT2D eigenvalue weighted by Gasteiger charge is -2.07. The van der Waals surface area contributed by atoms with Gasteiger partial charge in [0.2, 0.25) is 5.95 Å². The third-order valence-electron chi connectivity index (χ3n) is 2.34. The number of hydrogen-bond donors (Lipinski definition) is 1. The van der Waals surface area contributed by atoms with Crippen molar-refractivity contribution in [2.45, 2.75) is 13.5 Å². The van der Waals surface area contributed by atoms with Crippen molar-refractivity contribution in [2.75, 3.05) is 5.73 Å². The summed E-state index contributed by atoms with van der Waals surface area (Å²) in [5.41, 5.74) is 6.27. The molecule has 0 aliphatic heterocycles. The van der Waals surface area contributed by atoms with Crippen LogP contribution in [0.2, 0.25) is 0 Å². The van der Waals surface area contributed by atoms with Gasteiger partial charge in [-0.05, 0) is 25.1 Å². The van der Waals surface area contributed by atoms with Gasteiger partial charge in [-0.1, -0.05) is 0 Å². The van der Waals surface area contributed by atoms with Crippen LogP contribution in [0.5, 0.6) is 5.75 Å². The summed E-state index contributed by atoms with van der Waals surface area (Å²) in [6.07, 6.45) is 2.71. The van der Waals surface area contributed by atoms with E-state index in [1.165, 1.54) is 4.68 Å². The molecule has 2 aromatic rings. The minimum absolute atomic E-state index is 0.0658. The molecule has 5 nitrogen and oxygen atoms in total. The molecule has 106 valence electrons. The number of aromatic nitrogens is 2. The summed E-state index contributed by atoms with van der Waals surface area (Å²) in [5, 5.41) is 3.92. The van der Waals surface area contributed by atoms with Crippen molar-refractivity contribution in [2.24, 2.45) is 5.10 Å². The van der Waals surface area contributed by atoms with E-state index in [2.05, 4.69) is 14.8 Å². The molecule has 1 aromatic heterocycles. The average Bonchev–Trinajstić information content (AvgIpc) is 2.67. The molecular formula is C12H11F3N4O. The minimum Gasteiger partial charge on any atom is -0.434 e. The first kappa shape index (κ1) is 13.9. The Morgan fingerprint density at radius 3 is 2.80 bits per heavy atom. The van der Waals surface area contributed by atoms with Crippen LogP contribution in [0.25, 0.3) is 0 Å². The van der Waals surface area contributed by atoms with Crippen molar-refractivity contribution >= 4 is 12.2 Å². The fourth-order valence-corrected chi connectivity index (χ4v) is 1.54. The molecular weight excluding hydrogens is 273 g/mol. The van der Waals surface area contributed by atoms with Crippen molar-refractivity contribution < 1.29 is 17.9 Å². The highest BCUT2D eigenvalue weighted by Crippen LogP contribution is 2.20. The second-order valence-electron chi connectivity index (χ2n) is 3.89. The van der Waals surface area contributed by atoms with Crippen LogP contribution in [0.1, 0.15) is 11.3 Å². The topological polar surface area (TPSA) is 65.4 Å². The minimum atomic E-state index is -3.01. The number of nitrogens with two attached hydrogens (primary N) is 1. The number of benzene rings is 1. The number of aryl methyl sites for hydroxylation is 1. The third kappa shape index (κ3) is 3.28. The van der Waals surface area contributed by atoms with Crippen LogP contribution in [0.15, 0.2) is 29.5 Å². The van der Waals surface area contributed by atoms with Crippen LogP contribution in [0, 0.1) is 12.7 Å². The van der Waals surface area contributed by atoms with Gasteiger partial charge in [0.1, 0.15) is 11.6 Å². The zero-order valence-corrected chi connectivity index (χ0v) is 10.4. The molecule has 0 saturated carbocycles. The molecule has 0 saturated heterocycles. The Kier molecular flexibility index (Phi) is 3.92. The van der Waals surface area contributed by atoms with Gasteiger partial charge in [0.25, 0.3) is 0 Å². The predicted octanol–water partition coefficient (Wildman–Crippen LogP) is 2.40. The second-order valence-corrected chi connectivity index (χ2v) is 3.89. The highest BCUT2D eigenvalue weighted by molar-refractivity contribution is 5.83. The summed E-state index contributed by atoms with van der Waals surface area (Å²) in [6, 6.07) is 3.15. The summed E-state index contributed by atoms with van der Waals surface area (Å²) in [5.74, 6) is -0.644. The van der Waals surface area contributed by atoms with Gasteiger partial charge in [0, 0.05) is 5.56 Å². The maximum absolute atomic E-state index is 13.1. The van der Waals surface area contributed by atoms with Crippen LogP contribution in [-0.2, 0) is 0 Å². The molecule has 2 N–H and O–H groups in total. The zero-order valence-electron chi connectivity index (χ0n) is 10.4. The van der Waals surface area contributed by atoms with Gasteiger partial charge in [-0.3, -0.25) is 0 Å². The molecule has 2 rings (SSSR count). The van der Waals surface area contributed by atoms with E-state index in [4.69, 9.17) is 5.73 Å². The highest BCUT2D eigenvalue weighted by atomic mass is 19.3. The van der Waals surface area contributed by atoms with Crippen LogP contribution >= 0.6 is 0 Å². The second kappa shape index (κ2) is 5.64. The molecule has 0 atom stereocenters. The molecule has 1 aromatic carbocycles. The van der Waals surface area contributed by atoms with E-state index in [1.807, 2.05) is 0 Å². The van der Waals surface area contributed by atoms with Crippen LogP contribution in [0.4, 0.5) is 19.1 Å². The lowest BCUT2D eigenvalue weighted by Crippen LogP contribution is -2.05. The summed E-state index contributed by atoms with van der Waals surface area (Å²) in [6.45, 7) is -1.29. The number of anilines is 1. The van der Waals surface area contributed by atoms with Crippen LogP contribution in [0.3, 0.4) is 0 Å². The Bertz CT molecular complexity index is 640. The summed E-state index contributed by atoms with van der Waals surface area (Å²) in [7, 11) is 0. The standard InChI is InChI=1S/C12H11F3N4O/c1-7-6-19(12(16)18-7)17-5-8-4-9(13)2-3-10(8)20-11(14)15/h2-6,11H,1H3,(H2,16,18). The van der Waals surface area contributed by atoms with E-state index in [9.17, 15) is 13.2 Å². The van der Waals surface area contributed by atoms with E-state index >= 15 is 0 Å². The molecule has 0 bridgehead atoms. The van der Waals surface area contributed by atoms with Crippen molar-refractivity contribution in [3.8, 4) is 5.75 Å². The quantitative estimate of drug-likeness (QED) is 0.877. The smallest absolute Gasteiger partial charge is 0.387 e. The summed E-state index contributed by atoms with van der Waals surface area (Å²) >= 11 is 0. The van der Waals surface area contributed by atoms with Crippen molar-refractivity contribution in [1.82, 2.24) is 9.66 Å². The highest BCUT2D eigenvalue weighted by Gasteiger charge is 2.09. The van der Waals surface area contributed by atoms with Crippen LogP contribution in [-0.4, -0.2) is 22.5 Å². The van der Waals surface area contributed by atoms with E-state index in [-0.39, 0.29) is 17.3 Å². The number of nitrogens with zero attached hydrogens (tertiary/aromatic N) is 3. The van der Waals surface area contributed by atoms with Crippen molar-refractivity contribution in [3.05, 3.63) is 41.5 Å².